The van der Waals surface area contributed by atoms with Crippen LogP contribution in [0.2, 0.25) is 0 Å². The van der Waals surface area contributed by atoms with Crippen LogP contribution in [0.1, 0.15) is 25.0 Å². The normalized spacial score (nSPS) is 30.4. The molecule has 4 heteroatoms. The Morgan fingerprint density at radius 3 is 3.22 bits per heavy atom. The predicted molar refractivity (Wildman–Crippen MR) is 67.8 cm³/mol. The first-order valence-corrected chi connectivity index (χ1v) is 6.76. The quantitative estimate of drug-likeness (QED) is 0.884. The Hall–Kier alpha value is -1.29. The molecule has 2 fully saturated rings. The van der Waals surface area contributed by atoms with Crippen LogP contribution in [0.15, 0.2) is 22.8 Å². The second-order valence-electron chi connectivity index (χ2n) is 5.51. The van der Waals surface area contributed by atoms with Crippen molar-refractivity contribution in [2.45, 2.75) is 31.8 Å². The van der Waals surface area contributed by atoms with Crippen molar-refractivity contribution in [1.29, 1.82) is 0 Å². The van der Waals surface area contributed by atoms with Gasteiger partial charge in [-0.2, -0.15) is 0 Å². The molecule has 0 aromatic carbocycles. The van der Waals surface area contributed by atoms with E-state index in [4.69, 9.17) is 4.42 Å². The van der Waals surface area contributed by atoms with Crippen LogP contribution in [-0.2, 0) is 11.3 Å². The highest BCUT2D eigenvalue weighted by molar-refractivity contribution is 5.82. The van der Waals surface area contributed by atoms with E-state index >= 15 is 0 Å². The molecule has 1 aromatic heterocycles. The Labute approximate surface area is 107 Å². The van der Waals surface area contributed by atoms with E-state index in [-0.39, 0.29) is 11.9 Å². The lowest BCUT2D eigenvalue weighted by molar-refractivity contribution is -0.133. The Morgan fingerprint density at radius 2 is 2.44 bits per heavy atom. The van der Waals surface area contributed by atoms with E-state index in [1.807, 2.05) is 19.2 Å². The fraction of sp³-hybridized carbons (Fsp3) is 0.643. The Bertz CT molecular complexity index is 415. The van der Waals surface area contributed by atoms with Gasteiger partial charge in [0.05, 0.1) is 18.8 Å². The van der Waals surface area contributed by atoms with Gasteiger partial charge in [0.1, 0.15) is 5.76 Å². The molecule has 3 rings (SSSR count). The summed E-state index contributed by atoms with van der Waals surface area (Å²) < 4.78 is 5.29. The predicted octanol–water partition coefficient (Wildman–Crippen LogP) is 1.63. The lowest BCUT2D eigenvalue weighted by atomic mass is 9.93. The first-order valence-electron chi connectivity index (χ1n) is 6.76. The number of rotatable bonds is 3. The molecule has 2 heterocycles. The highest BCUT2D eigenvalue weighted by Crippen LogP contribution is 2.38. The lowest BCUT2D eigenvalue weighted by Crippen LogP contribution is -2.44. The van der Waals surface area contributed by atoms with Crippen molar-refractivity contribution in [1.82, 2.24) is 10.2 Å². The number of nitrogens with zero attached hydrogens (tertiary/aromatic N) is 1. The van der Waals surface area contributed by atoms with Gasteiger partial charge in [-0.05, 0) is 43.4 Å². The van der Waals surface area contributed by atoms with Crippen molar-refractivity contribution in [3.8, 4) is 0 Å². The van der Waals surface area contributed by atoms with Crippen LogP contribution < -0.4 is 5.32 Å². The van der Waals surface area contributed by atoms with E-state index in [1.165, 1.54) is 19.3 Å². The molecule has 1 saturated heterocycles. The Balaban J connectivity index is 1.63. The zero-order chi connectivity index (χ0) is 12.5. The van der Waals surface area contributed by atoms with Crippen molar-refractivity contribution < 1.29 is 9.21 Å². The molecule has 1 N–H and O–H groups in total. The summed E-state index contributed by atoms with van der Waals surface area (Å²) in [6.07, 6.45) is 5.41. The number of furan rings is 1. The van der Waals surface area contributed by atoms with Crippen molar-refractivity contribution in [2.24, 2.45) is 11.8 Å². The largest absolute Gasteiger partial charge is 0.467 e. The molecule has 1 aromatic rings. The molecule has 18 heavy (non-hydrogen) atoms. The molecule has 98 valence electrons. The summed E-state index contributed by atoms with van der Waals surface area (Å²) >= 11 is 0. The van der Waals surface area contributed by atoms with E-state index in [0.29, 0.717) is 12.5 Å². The molecule has 1 aliphatic heterocycles. The number of nitrogens with one attached hydrogen (secondary N) is 1. The number of hydrogen-bond donors (Lipinski definition) is 1. The maximum atomic E-state index is 12.4. The smallest absolute Gasteiger partial charge is 0.240 e. The van der Waals surface area contributed by atoms with Gasteiger partial charge < -0.3 is 14.6 Å². The third-order valence-corrected chi connectivity index (χ3v) is 4.36. The van der Waals surface area contributed by atoms with Crippen LogP contribution in [0.25, 0.3) is 0 Å². The van der Waals surface area contributed by atoms with Crippen LogP contribution in [-0.4, -0.2) is 30.4 Å². The van der Waals surface area contributed by atoms with Gasteiger partial charge in [-0.3, -0.25) is 4.79 Å². The number of carbonyl (C=O) groups is 1. The van der Waals surface area contributed by atoms with Gasteiger partial charge in [0, 0.05) is 7.05 Å². The summed E-state index contributed by atoms with van der Waals surface area (Å²) in [6, 6.07) is 3.79. The molecule has 1 saturated carbocycles. The molecular formula is C14H20N2O2. The summed E-state index contributed by atoms with van der Waals surface area (Å²) in [6.45, 7) is 1.57. The van der Waals surface area contributed by atoms with E-state index in [1.54, 1.807) is 11.2 Å². The molecular weight excluding hydrogens is 228 g/mol. The Kier molecular flexibility index (Phi) is 3.12. The number of amides is 1. The molecule has 1 aliphatic carbocycles. The zero-order valence-corrected chi connectivity index (χ0v) is 10.8. The minimum absolute atomic E-state index is 0.0254. The topological polar surface area (TPSA) is 45.5 Å². The van der Waals surface area contributed by atoms with Crippen molar-refractivity contribution in [3.63, 3.8) is 0 Å². The maximum Gasteiger partial charge on any atom is 0.240 e. The average Bonchev–Trinajstić information content (AvgIpc) is 3.04. The molecule has 0 bridgehead atoms. The second-order valence-corrected chi connectivity index (χ2v) is 5.51. The number of likely N-dealkylation sites (N-methyl/N-ethyl adjacent to an activating group) is 1. The first kappa shape index (κ1) is 11.8. The summed E-state index contributed by atoms with van der Waals surface area (Å²) in [5.74, 6) is 2.32. The van der Waals surface area contributed by atoms with Crippen molar-refractivity contribution in [3.05, 3.63) is 24.2 Å². The maximum absolute atomic E-state index is 12.4. The van der Waals surface area contributed by atoms with Crippen LogP contribution in [0, 0.1) is 11.8 Å². The molecule has 3 atom stereocenters. The fourth-order valence-corrected chi connectivity index (χ4v) is 3.41. The fourth-order valence-electron chi connectivity index (χ4n) is 3.41. The third kappa shape index (κ3) is 2.05. The summed E-state index contributed by atoms with van der Waals surface area (Å²) in [7, 11) is 1.86. The lowest BCUT2D eigenvalue weighted by Gasteiger charge is -2.23. The average molecular weight is 248 g/mol. The highest BCUT2D eigenvalue weighted by atomic mass is 16.3. The number of fused-ring (bicyclic) bond motifs is 1. The monoisotopic (exact) mass is 248 g/mol. The molecule has 0 spiro atoms. The first-order chi connectivity index (χ1) is 8.75. The second kappa shape index (κ2) is 4.76. The standard InChI is InChI=1S/C14H20N2O2/c1-16(9-11-5-3-7-18-11)14(17)13-12-6-2-4-10(12)8-15-13/h3,5,7,10,12-13,15H,2,4,6,8-9H2,1H3. The van der Waals surface area contributed by atoms with E-state index < -0.39 is 0 Å². The summed E-state index contributed by atoms with van der Waals surface area (Å²) in [4.78, 5) is 14.2. The van der Waals surface area contributed by atoms with Crippen molar-refractivity contribution in [2.75, 3.05) is 13.6 Å². The van der Waals surface area contributed by atoms with Crippen LogP contribution >= 0.6 is 0 Å². The summed E-state index contributed by atoms with van der Waals surface area (Å²) in [5, 5.41) is 3.40. The molecule has 4 nitrogen and oxygen atoms in total. The van der Waals surface area contributed by atoms with Gasteiger partial charge in [-0.25, -0.2) is 0 Å². The SMILES string of the molecule is CN(Cc1ccco1)C(=O)C1NCC2CCCC21. The van der Waals surface area contributed by atoms with Gasteiger partial charge in [0.15, 0.2) is 0 Å². The molecule has 2 aliphatic rings. The van der Waals surface area contributed by atoms with Crippen LogP contribution in [0.5, 0.6) is 0 Å². The highest BCUT2D eigenvalue weighted by Gasteiger charge is 2.43. The summed E-state index contributed by atoms with van der Waals surface area (Å²) in [5.41, 5.74) is 0. The van der Waals surface area contributed by atoms with Gasteiger partial charge >= 0.3 is 0 Å². The number of carbonyl (C=O) groups excluding carboxylic acids is 1. The van der Waals surface area contributed by atoms with E-state index in [0.717, 1.165) is 18.2 Å². The van der Waals surface area contributed by atoms with E-state index in [9.17, 15) is 4.79 Å². The van der Waals surface area contributed by atoms with Gasteiger partial charge in [0.25, 0.3) is 0 Å². The van der Waals surface area contributed by atoms with Gasteiger partial charge in [0.2, 0.25) is 5.91 Å². The number of hydrogen-bond acceptors (Lipinski definition) is 3. The van der Waals surface area contributed by atoms with Crippen LogP contribution in [0.4, 0.5) is 0 Å². The van der Waals surface area contributed by atoms with Crippen molar-refractivity contribution >= 4 is 5.91 Å². The third-order valence-electron chi connectivity index (χ3n) is 4.36. The van der Waals surface area contributed by atoms with Gasteiger partial charge in [-0.1, -0.05) is 6.42 Å². The molecule has 3 unspecified atom stereocenters. The van der Waals surface area contributed by atoms with E-state index in [2.05, 4.69) is 5.32 Å². The minimum Gasteiger partial charge on any atom is -0.467 e. The zero-order valence-electron chi connectivity index (χ0n) is 10.8. The Morgan fingerprint density at radius 1 is 1.56 bits per heavy atom. The molecule has 0 radical (unpaired) electrons. The minimum atomic E-state index is 0.0254. The van der Waals surface area contributed by atoms with Crippen LogP contribution in [0.3, 0.4) is 0 Å². The molecule has 1 amide bonds. The van der Waals surface area contributed by atoms with Gasteiger partial charge in [-0.15, -0.1) is 0 Å².